The molecule has 0 bridgehead atoms. The van der Waals surface area contributed by atoms with Crippen LogP contribution in [0.15, 0.2) is 53.4 Å². The van der Waals surface area contributed by atoms with Crippen LogP contribution in [0.4, 0.5) is 5.69 Å². The Morgan fingerprint density at radius 3 is 2.57 bits per heavy atom. The number of anilines is 1. The average Bonchev–Trinajstić information content (AvgIpc) is 3.05. The Labute approximate surface area is 177 Å². The van der Waals surface area contributed by atoms with Gasteiger partial charge in [-0.15, -0.1) is 11.3 Å². The summed E-state index contributed by atoms with van der Waals surface area (Å²) in [6.45, 7) is 2.35. The van der Waals surface area contributed by atoms with E-state index in [9.17, 15) is 13.2 Å². The van der Waals surface area contributed by atoms with E-state index in [-0.39, 0.29) is 16.6 Å². The first-order chi connectivity index (χ1) is 13.3. The van der Waals surface area contributed by atoms with Crippen LogP contribution in [0.1, 0.15) is 22.2 Å². The van der Waals surface area contributed by atoms with Gasteiger partial charge < -0.3 is 4.90 Å². The van der Waals surface area contributed by atoms with Crippen LogP contribution in [0.5, 0.6) is 0 Å². The minimum Gasteiger partial charge on any atom is -0.308 e. The monoisotopic (exact) mass is 451 g/mol. The standard InChI is InChI=1S/C20H15Cl2NO3S2/c1-2-23(15-5-3-4-13(21)9-15)20(24)17-8-12-11-28(25,26)18-10-14(22)6-7-16(18)19(12)27-17/h3-10H,2,11H2,1H3. The highest BCUT2D eigenvalue weighted by molar-refractivity contribution is 7.91. The van der Waals surface area contributed by atoms with Crippen molar-refractivity contribution in [3.8, 4) is 10.4 Å². The Balaban J connectivity index is 1.79. The summed E-state index contributed by atoms with van der Waals surface area (Å²) in [7, 11) is -3.49. The second-order valence-electron chi connectivity index (χ2n) is 6.39. The van der Waals surface area contributed by atoms with E-state index in [1.54, 1.807) is 41.3 Å². The van der Waals surface area contributed by atoms with E-state index >= 15 is 0 Å². The van der Waals surface area contributed by atoms with Crippen LogP contribution < -0.4 is 4.90 Å². The molecule has 0 aliphatic carbocycles. The number of sulfone groups is 1. The highest BCUT2D eigenvalue weighted by atomic mass is 35.5. The summed E-state index contributed by atoms with van der Waals surface area (Å²) >= 11 is 13.4. The van der Waals surface area contributed by atoms with Crippen LogP contribution in [0.2, 0.25) is 10.0 Å². The summed E-state index contributed by atoms with van der Waals surface area (Å²) in [6.07, 6.45) is 0. The molecule has 8 heteroatoms. The molecule has 0 unspecified atom stereocenters. The molecule has 1 amide bonds. The number of halogens is 2. The molecule has 0 spiro atoms. The SMILES string of the molecule is CCN(C(=O)c1cc2c(s1)-c1ccc(Cl)cc1S(=O)(=O)C2)c1cccc(Cl)c1. The Morgan fingerprint density at radius 1 is 1.11 bits per heavy atom. The van der Waals surface area contributed by atoms with Gasteiger partial charge in [-0.2, -0.15) is 0 Å². The van der Waals surface area contributed by atoms with Gasteiger partial charge in [-0.3, -0.25) is 4.79 Å². The Kier molecular flexibility index (Phi) is 5.00. The van der Waals surface area contributed by atoms with E-state index in [0.29, 0.717) is 38.3 Å². The van der Waals surface area contributed by atoms with Crippen molar-refractivity contribution < 1.29 is 13.2 Å². The molecule has 0 fully saturated rings. The van der Waals surface area contributed by atoms with Crippen molar-refractivity contribution in [1.29, 1.82) is 0 Å². The van der Waals surface area contributed by atoms with Gasteiger partial charge in [-0.25, -0.2) is 8.42 Å². The molecule has 4 nitrogen and oxygen atoms in total. The number of carbonyl (C=O) groups is 1. The first-order valence-electron chi connectivity index (χ1n) is 8.53. The van der Waals surface area contributed by atoms with E-state index in [2.05, 4.69) is 0 Å². The zero-order valence-corrected chi connectivity index (χ0v) is 17.9. The third kappa shape index (κ3) is 3.35. The molecule has 2 heterocycles. The smallest absolute Gasteiger partial charge is 0.268 e. The summed E-state index contributed by atoms with van der Waals surface area (Å²) in [5.74, 6) is -0.319. The number of hydrogen-bond acceptors (Lipinski definition) is 4. The highest BCUT2D eigenvalue weighted by Gasteiger charge is 2.32. The fourth-order valence-corrected chi connectivity index (χ4v) is 6.66. The Hall–Kier alpha value is -1.86. The molecule has 0 radical (unpaired) electrons. The van der Waals surface area contributed by atoms with Crippen LogP contribution in [-0.4, -0.2) is 20.9 Å². The van der Waals surface area contributed by atoms with Crippen molar-refractivity contribution in [3.05, 3.63) is 69.0 Å². The molecule has 2 aromatic carbocycles. The predicted molar refractivity (Wildman–Crippen MR) is 114 cm³/mol. The fourth-order valence-electron chi connectivity index (χ4n) is 3.31. The number of amides is 1. The second-order valence-corrected chi connectivity index (χ2v) is 10.3. The zero-order valence-electron chi connectivity index (χ0n) is 14.8. The molecular formula is C20H15Cl2NO3S2. The summed E-state index contributed by atoms with van der Waals surface area (Å²) in [5.41, 5.74) is 1.94. The molecule has 0 saturated heterocycles. The quantitative estimate of drug-likeness (QED) is 0.514. The van der Waals surface area contributed by atoms with E-state index < -0.39 is 9.84 Å². The molecular weight excluding hydrogens is 437 g/mol. The molecule has 1 aliphatic heterocycles. The average molecular weight is 452 g/mol. The van der Waals surface area contributed by atoms with Gasteiger partial charge in [0.2, 0.25) is 0 Å². The summed E-state index contributed by atoms with van der Waals surface area (Å²) in [5, 5.41) is 0.919. The third-order valence-corrected chi connectivity index (χ3v) is 7.94. The third-order valence-electron chi connectivity index (χ3n) is 4.57. The molecule has 4 rings (SSSR count). The van der Waals surface area contributed by atoms with Crippen LogP contribution in [0.3, 0.4) is 0 Å². The van der Waals surface area contributed by atoms with Gasteiger partial charge in [0.1, 0.15) is 0 Å². The Morgan fingerprint density at radius 2 is 1.86 bits per heavy atom. The minimum atomic E-state index is -3.49. The highest BCUT2D eigenvalue weighted by Crippen LogP contribution is 2.44. The predicted octanol–water partition coefficient (Wildman–Crippen LogP) is 5.68. The minimum absolute atomic E-state index is 0.136. The lowest BCUT2D eigenvalue weighted by atomic mass is 10.1. The van der Waals surface area contributed by atoms with Gasteiger partial charge in [0, 0.05) is 32.7 Å². The van der Waals surface area contributed by atoms with Crippen LogP contribution in [0.25, 0.3) is 10.4 Å². The molecule has 28 heavy (non-hydrogen) atoms. The van der Waals surface area contributed by atoms with Gasteiger partial charge in [-0.1, -0.05) is 35.3 Å². The van der Waals surface area contributed by atoms with Crippen LogP contribution in [-0.2, 0) is 15.6 Å². The summed E-state index contributed by atoms with van der Waals surface area (Å²) < 4.78 is 25.3. The van der Waals surface area contributed by atoms with E-state index in [1.165, 1.54) is 17.4 Å². The van der Waals surface area contributed by atoms with E-state index in [1.807, 2.05) is 13.0 Å². The van der Waals surface area contributed by atoms with Crippen molar-refractivity contribution in [2.45, 2.75) is 17.6 Å². The Bertz CT molecular complexity index is 1200. The summed E-state index contributed by atoms with van der Waals surface area (Å²) in [4.78, 5) is 16.3. The lowest BCUT2D eigenvalue weighted by Crippen LogP contribution is -2.29. The number of hydrogen-bond donors (Lipinski definition) is 0. The van der Waals surface area contributed by atoms with Gasteiger partial charge in [-0.05, 0) is 48.9 Å². The molecule has 3 aromatic rings. The van der Waals surface area contributed by atoms with E-state index in [4.69, 9.17) is 23.2 Å². The maximum Gasteiger partial charge on any atom is 0.268 e. The van der Waals surface area contributed by atoms with Crippen molar-refractivity contribution in [2.75, 3.05) is 11.4 Å². The van der Waals surface area contributed by atoms with Crippen LogP contribution in [0, 0.1) is 0 Å². The van der Waals surface area contributed by atoms with Gasteiger partial charge >= 0.3 is 0 Å². The first kappa shape index (κ1) is 19.5. The van der Waals surface area contributed by atoms with Crippen molar-refractivity contribution in [2.24, 2.45) is 0 Å². The molecule has 144 valence electrons. The molecule has 0 saturated carbocycles. The topological polar surface area (TPSA) is 54.5 Å². The number of benzene rings is 2. The normalized spacial score (nSPS) is 14.2. The maximum atomic E-state index is 13.2. The number of carbonyl (C=O) groups excluding carboxylic acids is 1. The number of fused-ring (bicyclic) bond motifs is 3. The van der Waals surface area contributed by atoms with Gasteiger partial charge in [0.25, 0.3) is 5.91 Å². The fraction of sp³-hybridized carbons (Fsp3) is 0.150. The van der Waals surface area contributed by atoms with Crippen LogP contribution >= 0.6 is 34.5 Å². The number of rotatable bonds is 3. The second kappa shape index (κ2) is 7.19. The molecule has 0 atom stereocenters. The number of nitrogens with zero attached hydrogens (tertiary/aromatic N) is 1. The largest absolute Gasteiger partial charge is 0.308 e. The van der Waals surface area contributed by atoms with E-state index in [0.717, 1.165) is 4.88 Å². The zero-order chi connectivity index (χ0) is 20.1. The molecule has 0 N–H and O–H groups in total. The lowest BCUT2D eigenvalue weighted by Gasteiger charge is -2.20. The summed E-state index contributed by atoms with van der Waals surface area (Å²) in [6, 6.07) is 13.6. The van der Waals surface area contributed by atoms with Crippen molar-refractivity contribution in [1.82, 2.24) is 0 Å². The van der Waals surface area contributed by atoms with Gasteiger partial charge in [0.05, 0.1) is 15.5 Å². The molecule has 1 aromatic heterocycles. The number of thiophene rings is 1. The van der Waals surface area contributed by atoms with Gasteiger partial charge in [0.15, 0.2) is 9.84 Å². The van der Waals surface area contributed by atoms with Crippen molar-refractivity contribution in [3.63, 3.8) is 0 Å². The first-order valence-corrected chi connectivity index (χ1v) is 11.8. The van der Waals surface area contributed by atoms with Crippen molar-refractivity contribution >= 4 is 56.0 Å². The maximum absolute atomic E-state index is 13.2. The molecule has 1 aliphatic rings. The lowest BCUT2D eigenvalue weighted by molar-refractivity contribution is 0.0992.